The minimum Gasteiger partial charge on any atom is -0.325 e. The van der Waals surface area contributed by atoms with E-state index < -0.39 is 0 Å². The van der Waals surface area contributed by atoms with Crippen LogP contribution >= 0.6 is 23.5 Å². The van der Waals surface area contributed by atoms with Crippen molar-refractivity contribution in [3.8, 4) is 5.40 Å². The summed E-state index contributed by atoms with van der Waals surface area (Å²) in [5, 5.41) is 13.6. The molecule has 1 amide bonds. The van der Waals surface area contributed by atoms with Gasteiger partial charge in [0, 0.05) is 15.5 Å². The van der Waals surface area contributed by atoms with E-state index in [9.17, 15) is 4.79 Å². The smallest absolute Gasteiger partial charge is 0.234 e. The van der Waals surface area contributed by atoms with Crippen molar-refractivity contribution in [3.05, 3.63) is 53.1 Å². The molecule has 0 radical (unpaired) electrons. The minimum absolute atomic E-state index is 0.0305. The number of hydrogen-bond acceptors (Lipinski definition) is 4. The van der Waals surface area contributed by atoms with E-state index in [0.717, 1.165) is 32.8 Å². The van der Waals surface area contributed by atoms with Crippen LogP contribution in [0.1, 0.15) is 16.7 Å². The van der Waals surface area contributed by atoms with Gasteiger partial charge < -0.3 is 5.32 Å². The maximum absolute atomic E-state index is 12.1. The first-order valence-corrected chi connectivity index (χ1v) is 8.96. The standard InChI is InChI=1S/C18H18N2OS2/c1-12-4-5-15(8-13(12)2)22-10-18(21)20-17-7-6-16(23-11-19)9-14(17)3/h4-9H,10H2,1-3H3,(H,20,21). The van der Waals surface area contributed by atoms with Crippen molar-refractivity contribution in [2.45, 2.75) is 30.6 Å². The number of carbonyl (C=O) groups excluding carboxylic acids is 1. The Hall–Kier alpha value is -1.90. The summed E-state index contributed by atoms with van der Waals surface area (Å²) in [5.41, 5.74) is 4.23. The van der Waals surface area contributed by atoms with Gasteiger partial charge in [0.1, 0.15) is 5.40 Å². The van der Waals surface area contributed by atoms with E-state index in [1.54, 1.807) is 0 Å². The van der Waals surface area contributed by atoms with Crippen molar-refractivity contribution in [1.29, 1.82) is 5.26 Å². The number of carbonyl (C=O) groups is 1. The summed E-state index contributed by atoms with van der Waals surface area (Å²) < 4.78 is 0. The molecule has 2 aromatic rings. The fourth-order valence-electron chi connectivity index (χ4n) is 2.03. The lowest BCUT2D eigenvalue weighted by atomic mass is 10.1. The topological polar surface area (TPSA) is 52.9 Å². The predicted octanol–water partition coefficient (Wildman–Crippen LogP) is 4.92. The molecule has 0 aliphatic carbocycles. The monoisotopic (exact) mass is 342 g/mol. The quantitative estimate of drug-likeness (QED) is 0.619. The molecule has 0 aliphatic heterocycles. The van der Waals surface area contributed by atoms with Crippen LogP contribution in [0.15, 0.2) is 46.2 Å². The number of benzene rings is 2. The van der Waals surface area contributed by atoms with E-state index in [4.69, 9.17) is 5.26 Å². The molecule has 0 unspecified atom stereocenters. The maximum atomic E-state index is 12.1. The van der Waals surface area contributed by atoms with Gasteiger partial charge in [0.15, 0.2) is 0 Å². The van der Waals surface area contributed by atoms with E-state index >= 15 is 0 Å². The number of nitrogens with zero attached hydrogens (tertiary/aromatic N) is 1. The molecular formula is C18H18N2OS2. The van der Waals surface area contributed by atoms with Gasteiger partial charge in [-0.15, -0.1) is 11.8 Å². The number of rotatable bonds is 5. The van der Waals surface area contributed by atoms with Crippen molar-refractivity contribution in [2.24, 2.45) is 0 Å². The summed E-state index contributed by atoms with van der Waals surface area (Å²) >= 11 is 2.64. The fourth-order valence-corrected chi connectivity index (χ4v) is 3.30. The average Bonchev–Trinajstić information content (AvgIpc) is 2.51. The summed E-state index contributed by atoms with van der Waals surface area (Å²) in [6.45, 7) is 6.07. The van der Waals surface area contributed by atoms with Gasteiger partial charge in [0.05, 0.1) is 5.75 Å². The Bertz CT molecular complexity index is 766. The summed E-state index contributed by atoms with van der Waals surface area (Å²) in [4.78, 5) is 14.1. The highest BCUT2D eigenvalue weighted by molar-refractivity contribution is 8.03. The number of nitrogens with one attached hydrogen (secondary N) is 1. The molecule has 2 aromatic carbocycles. The highest BCUT2D eigenvalue weighted by atomic mass is 32.2. The number of aryl methyl sites for hydroxylation is 3. The van der Waals surface area contributed by atoms with E-state index in [-0.39, 0.29) is 5.91 Å². The number of hydrogen-bond donors (Lipinski definition) is 1. The predicted molar refractivity (Wildman–Crippen MR) is 97.9 cm³/mol. The highest BCUT2D eigenvalue weighted by Crippen LogP contribution is 2.24. The first kappa shape index (κ1) is 17.5. The largest absolute Gasteiger partial charge is 0.325 e. The Morgan fingerprint density at radius 1 is 1.04 bits per heavy atom. The van der Waals surface area contributed by atoms with Crippen LogP contribution in [0.5, 0.6) is 0 Å². The Labute approximate surface area is 145 Å². The van der Waals surface area contributed by atoms with Crippen molar-refractivity contribution >= 4 is 35.1 Å². The molecule has 5 heteroatoms. The number of nitriles is 1. The van der Waals surface area contributed by atoms with Crippen molar-refractivity contribution < 1.29 is 4.79 Å². The molecule has 118 valence electrons. The molecule has 0 spiro atoms. The van der Waals surface area contributed by atoms with Crippen LogP contribution in [-0.2, 0) is 4.79 Å². The Morgan fingerprint density at radius 2 is 1.74 bits per heavy atom. The van der Waals surface area contributed by atoms with Crippen molar-refractivity contribution in [2.75, 3.05) is 11.1 Å². The molecule has 0 fully saturated rings. The summed E-state index contributed by atoms with van der Waals surface area (Å²) in [6.07, 6.45) is 0. The third-order valence-electron chi connectivity index (χ3n) is 3.48. The van der Waals surface area contributed by atoms with E-state index in [1.165, 1.54) is 22.9 Å². The van der Waals surface area contributed by atoms with Gasteiger partial charge in [0.25, 0.3) is 0 Å². The second-order valence-electron chi connectivity index (χ2n) is 5.25. The fraction of sp³-hybridized carbons (Fsp3) is 0.222. The Balaban J connectivity index is 1.94. The SMILES string of the molecule is Cc1ccc(SCC(=O)Nc2ccc(SC#N)cc2C)cc1C. The van der Waals surface area contributed by atoms with Gasteiger partial charge in [0.2, 0.25) is 5.91 Å². The lowest BCUT2D eigenvalue weighted by Crippen LogP contribution is -2.14. The average molecular weight is 342 g/mol. The Morgan fingerprint density at radius 3 is 2.39 bits per heavy atom. The van der Waals surface area contributed by atoms with E-state index in [1.807, 2.05) is 36.6 Å². The minimum atomic E-state index is -0.0305. The lowest BCUT2D eigenvalue weighted by molar-refractivity contribution is -0.113. The molecule has 23 heavy (non-hydrogen) atoms. The first-order valence-electron chi connectivity index (χ1n) is 7.16. The molecule has 3 nitrogen and oxygen atoms in total. The van der Waals surface area contributed by atoms with Crippen LogP contribution in [0.25, 0.3) is 0 Å². The third kappa shape index (κ3) is 5.05. The first-order chi connectivity index (χ1) is 11.0. The van der Waals surface area contributed by atoms with Crippen LogP contribution < -0.4 is 5.32 Å². The number of amides is 1. The van der Waals surface area contributed by atoms with Gasteiger partial charge in [-0.05, 0) is 79.6 Å². The number of thiocyanates is 1. The molecule has 0 saturated carbocycles. The summed E-state index contributed by atoms with van der Waals surface area (Å²) in [5.74, 6) is 0.341. The second-order valence-corrected chi connectivity index (χ2v) is 7.16. The molecule has 0 bridgehead atoms. The van der Waals surface area contributed by atoms with Crippen LogP contribution in [0.2, 0.25) is 0 Å². The summed E-state index contributed by atoms with van der Waals surface area (Å²) in [7, 11) is 0. The molecular weight excluding hydrogens is 324 g/mol. The normalized spacial score (nSPS) is 10.2. The van der Waals surface area contributed by atoms with E-state index in [0.29, 0.717) is 5.75 Å². The molecule has 0 saturated heterocycles. The number of thioether (sulfide) groups is 2. The third-order valence-corrected chi connectivity index (χ3v) is 5.06. The zero-order chi connectivity index (χ0) is 16.8. The maximum Gasteiger partial charge on any atom is 0.234 e. The van der Waals surface area contributed by atoms with E-state index in [2.05, 4.69) is 31.3 Å². The van der Waals surface area contributed by atoms with Gasteiger partial charge in [-0.1, -0.05) is 6.07 Å². The van der Waals surface area contributed by atoms with Crippen molar-refractivity contribution in [1.82, 2.24) is 0 Å². The molecule has 1 N–H and O–H groups in total. The zero-order valence-corrected chi connectivity index (χ0v) is 15.0. The van der Waals surface area contributed by atoms with Gasteiger partial charge in [-0.3, -0.25) is 4.79 Å². The summed E-state index contributed by atoms with van der Waals surface area (Å²) in [6, 6.07) is 11.8. The van der Waals surface area contributed by atoms with Crippen LogP contribution in [0.3, 0.4) is 0 Å². The number of anilines is 1. The van der Waals surface area contributed by atoms with Crippen molar-refractivity contribution in [3.63, 3.8) is 0 Å². The van der Waals surface area contributed by atoms with Gasteiger partial charge in [-0.2, -0.15) is 5.26 Å². The molecule has 0 heterocycles. The highest BCUT2D eigenvalue weighted by Gasteiger charge is 2.07. The van der Waals surface area contributed by atoms with Gasteiger partial charge in [-0.25, -0.2) is 0 Å². The van der Waals surface area contributed by atoms with Crippen LogP contribution in [0, 0.1) is 31.4 Å². The van der Waals surface area contributed by atoms with Crippen LogP contribution in [-0.4, -0.2) is 11.7 Å². The molecule has 0 atom stereocenters. The zero-order valence-electron chi connectivity index (χ0n) is 13.3. The molecule has 0 aromatic heterocycles. The lowest BCUT2D eigenvalue weighted by Gasteiger charge is -2.09. The van der Waals surface area contributed by atoms with Crippen LogP contribution in [0.4, 0.5) is 5.69 Å². The molecule has 0 aliphatic rings. The Kier molecular flexibility index (Phi) is 6.14. The second kappa shape index (κ2) is 8.09. The van der Waals surface area contributed by atoms with Gasteiger partial charge >= 0.3 is 0 Å². The molecule has 2 rings (SSSR count).